The molecule has 2 aromatic rings. The molecule has 0 saturated carbocycles. The summed E-state index contributed by atoms with van der Waals surface area (Å²) in [6, 6.07) is 11.7. The van der Waals surface area contributed by atoms with Crippen molar-refractivity contribution in [3.63, 3.8) is 0 Å². The van der Waals surface area contributed by atoms with Gasteiger partial charge >= 0.3 is 5.97 Å². The van der Waals surface area contributed by atoms with Crippen LogP contribution in [0.2, 0.25) is 5.02 Å². The van der Waals surface area contributed by atoms with Crippen LogP contribution in [0.5, 0.6) is 0 Å². The smallest absolute Gasteiger partial charge is 0.326 e. The number of nitrogens with zero attached hydrogens (tertiary/aromatic N) is 1. The lowest BCUT2D eigenvalue weighted by Crippen LogP contribution is -2.36. The monoisotopic (exact) mass is 396 g/mol. The lowest BCUT2D eigenvalue weighted by molar-refractivity contribution is -0.138. The lowest BCUT2D eigenvalue weighted by atomic mass is 10.3. The maximum atomic E-state index is 13.0. The largest absolute Gasteiger partial charge is 0.468 e. The molecule has 0 fully saturated rings. The van der Waals surface area contributed by atoms with E-state index in [1.807, 2.05) is 0 Å². The fourth-order valence-corrected chi connectivity index (χ4v) is 3.75. The highest BCUT2D eigenvalue weighted by molar-refractivity contribution is 7.92. The van der Waals surface area contributed by atoms with Crippen molar-refractivity contribution >= 4 is 44.9 Å². The minimum Gasteiger partial charge on any atom is -0.468 e. The number of sulfonamides is 1. The molecule has 0 heterocycles. The summed E-state index contributed by atoms with van der Waals surface area (Å²) >= 11 is 5.95. The molecule has 0 unspecified atom stereocenters. The Morgan fingerprint density at radius 2 is 1.81 bits per heavy atom. The third-order valence-electron chi connectivity index (χ3n) is 3.36. The summed E-state index contributed by atoms with van der Waals surface area (Å²) < 4.78 is 31.5. The van der Waals surface area contributed by atoms with E-state index < -0.39 is 22.5 Å². The van der Waals surface area contributed by atoms with Gasteiger partial charge in [-0.2, -0.15) is 0 Å². The average molecular weight is 397 g/mol. The number of carbonyl (C=O) groups excluding carboxylic acids is 2. The van der Waals surface area contributed by atoms with Crippen molar-refractivity contribution in [3.05, 3.63) is 53.6 Å². The molecule has 0 aliphatic carbocycles. The number of amides is 1. The Morgan fingerprint density at radius 1 is 1.15 bits per heavy atom. The summed E-state index contributed by atoms with van der Waals surface area (Å²) in [6.07, 6.45) is 0. The van der Waals surface area contributed by atoms with Gasteiger partial charge in [-0.25, -0.2) is 8.42 Å². The number of halogens is 1. The van der Waals surface area contributed by atoms with Crippen LogP contribution in [0.25, 0.3) is 0 Å². The van der Waals surface area contributed by atoms with Gasteiger partial charge in [0.15, 0.2) is 0 Å². The molecule has 0 aliphatic rings. The first-order chi connectivity index (χ1) is 12.2. The van der Waals surface area contributed by atoms with Crippen LogP contribution in [0.15, 0.2) is 53.4 Å². The molecule has 0 radical (unpaired) electrons. The van der Waals surface area contributed by atoms with Gasteiger partial charge in [-0.1, -0.05) is 17.7 Å². The van der Waals surface area contributed by atoms with Gasteiger partial charge < -0.3 is 10.1 Å². The van der Waals surface area contributed by atoms with Gasteiger partial charge in [-0.15, -0.1) is 0 Å². The first-order valence-electron chi connectivity index (χ1n) is 7.47. The van der Waals surface area contributed by atoms with Crippen molar-refractivity contribution in [2.24, 2.45) is 0 Å². The molecule has 138 valence electrons. The Bertz CT molecular complexity index is 913. The molecule has 2 aromatic carbocycles. The van der Waals surface area contributed by atoms with Crippen molar-refractivity contribution in [1.82, 2.24) is 0 Å². The maximum absolute atomic E-state index is 13.0. The fraction of sp³-hybridized carbons (Fsp3) is 0.176. The minimum atomic E-state index is -4.06. The van der Waals surface area contributed by atoms with E-state index in [0.717, 1.165) is 4.31 Å². The Kier molecular flexibility index (Phi) is 6.23. The van der Waals surface area contributed by atoms with Crippen LogP contribution in [0.1, 0.15) is 6.92 Å². The zero-order valence-electron chi connectivity index (χ0n) is 14.1. The minimum absolute atomic E-state index is 0.0459. The molecule has 7 nitrogen and oxygen atoms in total. The van der Waals surface area contributed by atoms with E-state index >= 15 is 0 Å². The Labute approximate surface area is 156 Å². The molecule has 26 heavy (non-hydrogen) atoms. The molecule has 0 spiro atoms. The van der Waals surface area contributed by atoms with E-state index in [4.69, 9.17) is 11.6 Å². The highest BCUT2D eigenvalue weighted by Crippen LogP contribution is 2.26. The van der Waals surface area contributed by atoms with Crippen LogP contribution in [0, 0.1) is 0 Å². The molecule has 1 amide bonds. The number of benzene rings is 2. The fourth-order valence-electron chi connectivity index (χ4n) is 2.17. The number of hydrogen-bond acceptors (Lipinski definition) is 5. The molecule has 0 saturated heterocycles. The first kappa shape index (κ1) is 19.7. The predicted octanol–water partition coefficient (Wildman–Crippen LogP) is 2.67. The van der Waals surface area contributed by atoms with Crippen LogP contribution in [-0.4, -0.2) is 33.9 Å². The summed E-state index contributed by atoms with van der Waals surface area (Å²) in [4.78, 5) is 22.8. The topological polar surface area (TPSA) is 92.8 Å². The number of carbonyl (C=O) groups is 2. The van der Waals surface area contributed by atoms with E-state index in [0.29, 0.717) is 10.7 Å². The lowest BCUT2D eigenvalue weighted by Gasteiger charge is -2.23. The van der Waals surface area contributed by atoms with Gasteiger partial charge in [0.05, 0.1) is 17.7 Å². The molecular weight excluding hydrogens is 380 g/mol. The van der Waals surface area contributed by atoms with Crippen molar-refractivity contribution in [3.8, 4) is 0 Å². The van der Waals surface area contributed by atoms with Crippen molar-refractivity contribution < 1.29 is 22.7 Å². The quantitative estimate of drug-likeness (QED) is 0.758. The van der Waals surface area contributed by atoms with E-state index in [9.17, 15) is 18.0 Å². The zero-order chi connectivity index (χ0) is 19.3. The number of methoxy groups -OCH3 is 1. The van der Waals surface area contributed by atoms with E-state index in [1.54, 1.807) is 12.1 Å². The molecule has 0 aliphatic heterocycles. The summed E-state index contributed by atoms with van der Waals surface area (Å²) in [5.74, 6) is -0.990. The van der Waals surface area contributed by atoms with E-state index in [1.165, 1.54) is 50.4 Å². The summed E-state index contributed by atoms with van der Waals surface area (Å²) in [6.45, 7) is 0.842. The first-order valence-corrected chi connectivity index (χ1v) is 9.28. The molecule has 1 N–H and O–H groups in total. The summed E-state index contributed by atoms with van der Waals surface area (Å²) in [5, 5.41) is 2.88. The van der Waals surface area contributed by atoms with Crippen LogP contribution >= 0.6 is 11.6 Å². The molecule has 2 rings (SSSR count). The maximum Gasteiger partial charge on any atom is 0.326 e. The number of anilines is 2. The molecule has 9 heteroatoms. The van der Waals surface area contributed by atoms with Gasteiger partial charge in [0.1, 0.15) is 6.54 Å². The number of esters is 1. The SMILES string of the molecule is COC(=O)CN(c1cccc(Cl)c1)S(=O)(=O)c1ccc(NC(C)=O)cc1. The van der Waals surface area contributed by atoms with Gasteiger partial charge in [-0.3, -0.25) is 13.9 Å². The Morgan fingerprint density at radius 3 is 2.35 bits per heavy atom. The van der Waals surface area contributed by atoms with Crippen LogP contribution in [-0.2, 0) is 24.3 Å². The van der Waals surface area contributed by atoms with Gasteiger partial charge in [0.25, 0.3) is 10.0 Å². The van der Waals surface area contributed by atoms with E-state index in [2.05, 4.69) is 10.1 Å². The molecule has 0 atom stereocenters. The van der Waals surface area contributed by atoms with Crippen LogP contribution in [0.3, 0.4) is 0 Å². The second-order valence-corrected chi connectivity index (χ2v) is 7.57. The normalized spacial score (nSPS) is 10.9. The van der Waals surface area contributed by atoms with E-state index in [-0.39, 0.29) is 16.5 Å². The zero-order valence-corrected chi connectivity index (χ0v) is 15.7. The highest BCUT2D eigenvalue weighted by Gasteiger charge is 2.27. The number of nitrogens with one attached hydrogen (secondary N) is 1. The van der Waals surface area contributed by atoms with Gasteiger partial charge in [-0.05, 0) is 42.5 Å². The molecule has 0 bridgehead atoms. The second kappa shape index (κ2) is 8.20. The van der Waals surface area contributed by atoms with Crippen molar-refractivity contribution in [2.75, 3.05) is 23.3 Å². The summed E-state index contributed by atoms with van der Waals surface area (Å²) in [7, 11) is -2.89. The summed E-state index contributed by atoms with van der Waals surface area (Å²) in [5.41, 5.74) is 0.688. The number of hydrogen-bond donors (Lipinski definition) is 1. The molecular formula is C17H17ClN2O5S. The Hall–Kier alpha value is -2.58. The Balaban J connectivity index is 2.44. The third kappa shape index (κ3) is 4.74. The highest BCUT2D eigenvalue weighted by atomic mass is 35.5. The van der Waals surface area contributed by atoms with Crippen LogP contribution in [0.4, 0.5) is 11.4 Å². The standard InChI is InChI=1S/C17H17ClN2O5S/c1-12(21)19-14-6-8-16(9-7-14)26(23,24)20(11-17(22)25-2)15-5-3-4-13(18)10-15/h3-10H,11H2,1-2H3,(H,19,21). The third-order valence-corrected chi connectivity index (χ3v) is 5.38. The second-order valence-electron chi connectivity index (χ2n) is 5.27. The average Bonchev–Trinajstić information content (AvgIpc) is 2.59. The number of rotatable bonds is 6. The predicted molar refractivity (Wildman–Crippen MR) is 98.7 cm³/mol. The molecule has 0 aromatic heterocycles. The van der Waals surface area contributed by atoms with Crippen molar-refractivity contribution in [2.45, 2.75) is 11.8 Å². The van der Waals surface area contributed by atoms with Crippen molar-refractivity contribution in [1.29, 1.82) is 0 Å². The van der Waals surface area contributed by atoms with Crippen LogP contribution < -0.4 is 9.62 Å². The van der Waals surface area contributed by atoms with Gasteiger partial charge in [0, 0.05) is 17.6 Å². The van der Waals surface area contributed by atoms with Gasteiger partial charge in [0.2, 0.25) is 5.91 Å². The number of ether oxygens (including phenoxy) is 1.